The Morgan fingerprint density at radius 2 is 2.11 bits per heavy atom. The molecule has 0 bridgehead atoms. The lowest BCUT2D eigenvalue weighted by Crippen LogP contribution is -2.44. The highest BCUT2D eigenvalue weighted by Gasteiger charge is 2.16. The predicted octanol–water partition coefficient (Wildman–Crippen LogP) is 0.709. The van der Waals surface area contributed by atoms with E-state index in [4.69, 9.17) is 15.7 Å². The Balaban J connectivity index is 2.62. The van der Waals surface area contributed by atoms with Gasteiger partial charge < -0.3 is 15.8 Å². The molecule has 0 radical (unpaired) electrons. The number of hydrogen-bond acceptors (Lipinski definition) is 4. The molecular weight excluding hydrogens is 230 g/mol. The molecule has 0 aromatic heterocycles. The fraction of sp³-hybridized carbons (Fsp3) is 0.385. The van der Waals surface area contributed by atoms with E-state index in [1.54, 1.807) is 12.1 Å². The molecular formula is C13H17N3O2. The second-order valence-corrected chi connectivity index (χ2v) is 4.03. The molecule has 5 heteroatoms. The van der Waals surface area contributed by atoms with Crippen LogP contribution in [0.3, 0.4) is 0 Å². The third kappa shape index (κ3) is 3.84. The molecule has 2 atom stereocenters. The van der Waals surface area contributed by atoms with Gasteiger partial charge in [0, 0.05) is 7.11 Å². The van der Waals surface area contributed by atoms with E-state index in [0.717, 1.165) is 5.56 Å². The molecule has 1 aromatic carbocycles. The van der Waals surface area contributed by atoms with Crippen LogP contribution in [0.5, 0.6) is 0 Å². The highest BCUT2D eigenvalue weighted by Crippen LogP contribution is 2.13. The molecule has 1 amide bonds. The van der Waals surface area contributed by atoms with E-state index in [9.17, 15) is 4.79 Å². The number of nitrogens with zero attached hydrogens (tertiary/aromatic N) is 1. The van der Waals surface area contributed by atoms with Crippen molar-refractivity contribution in [1.82, 2.24) is 5.32 Å². The first kappa shape index (κ1) is 14.2. The van der Waals surface area contributed by atoms with Gasteiger partial charge in [0.1, 0.15) is 6.04 Å². The standard InChI is InChI=1S/C13H17N3O2/c1-9(16-13(17)12(15)8-18-2)11-5-3-10(7-14)4-6-11/h3-6,9,12H,8,15H2,1-2H3,(H,16,17). The van der Waals surface area contributed by atoms with Gasteiger partial charge in [-0.2, -0.15) is 5.26 Å². The van der Waals surface area contributed by atoms with Crippen LogP contribution in [-0.2, 0) is 9.53 Å². The van der Waals surface area contributed by atoms with E-state index < -0.39 is 6.04 Å². The largest absolute Gasteiger partial charge is 0.383 e. The monoisotopic (exact) mass is 247 g/mol. The van der Waals surface area contributed by atoms with Crippen LogP contribution in [0.1, 0.15) is 24.1 Å². The molecule has 0 spiro atoms. The summed E-state index contributed by atoms with van der Waals surface area (Å²) in [6, 6.07) is 8.27. The Kier molecular flexibility index (Phi) is 5.31. The maximum absolute atomic E-state index is 11.7. The molecule has 2 unspecified atom stereocenters. The molecule has 0 heterocycles. The number of amides is 1. The van der Waals surface area contributed by atoms with E-state index in [0.29, 0.717) is 5.56 Å². The topological polar surface area (TPSA) is 88.1 Å². The summed E-state index contributed by atoms with van der Waals surface area (Å²) < 4.78 is 4.82. The number of carbonyl (C=O) groups is 1. The highest BCUT2D eigenvalue weighted by molar-refractivity contribution is 5.82. The number of benzene rings is 1. The van der Waals surface area contributed by atoms with Crippen LogP contribution >= 0.6 is 0 Å². The molecule has 1 rings (SSSR count). The summed E-state index contributed by atoms with van der Waals surface area (Å²) in [5.74, 6) is -0.256. The number of nitrogens with one attached hydrogen (secondary N) is 1. The van der Waals surface area contributed by atoms with E-state index >= 15 is 0 Å². The zero-order valence-electron chi connectivity index (χ0n) is 10.5. The van der Waals surface area contributed by atoms with Gasteiger partial charge >= 0.3 is 0 Å². The number of methoxy groups -OCH3 is 1. The molecule has 96 valence electrons. The summed E-state index contributed by atoms with van der Waals surface area (Å²) in [5.41, 5.74) is 7.13. The first-order chi connectivity index (χ1) is 8.58. The summed E-state index contributed by atoms with van der Waals surface area (Å²) in [6.07, 6.45) is 0. The molecule has 0 aliphatic carbocycles. The fourth-order valence-electron chi connectivity index (χ4n) is 1.51. The van der Waals surface area contributed by atoms with Crippen LogP contribution in [0.25, 0.3) is 0 Å². The summed E-state index contributed by atoms with van der Waals surface area (Å²) in [4.78, 5) is 11.7. The minimum absolute atomic E-state index is 0.159. The van der Waals surface area contributed by atoms with Crippen molar-refractivity contribution >= 4 is 5.91 Å². The van der Waals surface area contributed by atoms with E-state index in [1.165, 1.54) is 7.11 Å². The number of ether oxygens (including phenoxy) is 1. The Labute approximate surface area is 107 Å². The maximum Gasteiger partial charge on any atom is 0.239 e. The lowest BCUT2D eigenvalue weighted by Gasteiger charge is -2.17. The minimum Gasteiger partial charge on any atom is -0.383 e. The van der Waals surface area contributed by atoms with Crippen LogP contribution in [-0.4, -0.2) is 25.7 Å². The zero-order chi connectivity index (χ0) is 13.5. The van der Waals surface area contributed by atoms with E-state index in [2.05, 4.69) is 5.32 Å². The van der Waals surface area contributed by atoms with Crippen LogP contribution < -0.4 is 11.1 Å². The molecule has 0 saturated carbocycles. The molecule has 5 nitrogen and oxygen atoms in total. The van der Waals surface area contributed by atoms with Gasteiger partial charge in [0.25, 0.3) is 0 Å². The summed E-state index contributed by atoms with van der Waals surface area (Å²) >= 11 is 0. The Bertz CT molecular complexity index is 437. The second-order valence-electron chi connectivity index (χ2n) is 4.03. The number of carbonyl (C=O) groups excluding carboxylic acids is 1. The number of rotatable bonds is 5. The van der Waals surface area contributed by atoms with Gasteiger partial charge in [-0.05, 0) is 24.6 Å². The summed E-state index contributed by atoms with van der Waals surface area (Å²) in [7, 11) is 1.50. The van der Waals surface area contributed by atoms with Gasteiger partial charge in [-0.25, -0.2) is 0 Å². The van der Waals surface area contributed by atoms with E-state index in [-0.39, 0.29) is 18.6 Å². The van der Waals surface area contributed by atoms with Crippen molar-refractivity contribution < 1.29 is 9.53 Å². The van der Waals surface area contributed by atoms with Crippen LogP contribution in [0, 0.1) is 11.3 Å². The average Bonchev–Trinajstić information content (AvgIpc) is 2.39. The maximum atomic E-state index is 11.7. The molecule has 1 aromatic rings. The zero-order valence-corrected chi connectivity index (χ0v) is 10.5. The Morgan fingerprint density at radius 3 is 2.61 bits per heavy atom. The van der Waals surface area contributed by atoms with Gasteiger partial charge in [-0.15, -0.1) is 0 Å². The van der Waals surface area contributed by atoms with Gasteiger partial charge in [-0.1, -0.05) is 12.1 Å². The molecule has 0 saturated heterocycles. The number of nitriles is 1. The number of hydrogen-bond donors (Lipinski definition) is 2. The van der Waals surface area contributed by atoms with Gasteiger partial charge in [0.05, 0.1) is 24.3 Å². The third-order valence-electron chi connectivity index (χ3n) is 2.58. The van der Waals surface area contributed by atoms with Gasteiger partial charge in [-0.3, -0.25) is 4.79 Å². The Hall–Kier alpha value is -1.90. The summed E-state index contributed by atoms with van der Waals surface area (Å²) in [5, 5.41) is 11.5. The van der Waals surface area contributed by atoms with Crippen LogP contribution in [0.4, 0.5) is 0 Å². The molecule has 3 N–H and O–H groups in total. The molecule has 18 heavy (non-hydrogen) atoms. The van der Waals surface area contributed by atoms with Crippen LogP contribution in [0.2, 0.25) is 0 Å². The van der Waals surface area contributed by atoms with Gasteiger partial charge in [0.15, 0.2) is 0 Å². The number of nitrogens with two attached hydrogens (primary N) is 1. The SMILES string of the molecule is COCC(N)C(=O)NC(C)c1ccc(C#N)cc1. The quantitative estimate of drug-likeness (QED) is 0.802. The van der Waals surface area contributed by atoms with Crippen molar-refractivity contribution in [2.75, 3.05) is 13.7 Å². The van der Waals surface area contributed by atoms with Crippen molar-refractivity contribution in [3.05, 3.63) is 35.4 Å². The molecule has 0 aliphatic heterocycles. The first-order valence-electron chi connectivity index (χ1n) is 5.63. The third-order valence-corrected chi connectivity index (χ3v) is 2.58. The van der Waals surface area contributed by atoms with Crippen molar-refractivity contribution in [2.24, 2.45) is 5.73 Å². The average molecular weight is 247 g/mol. The van der Waals surface area contributed by atoms with Crippen molar-refractivity contribution in [3.8, 4) is 6.07 Å². The van der Waals surface area contributed by atoms with E-state index in [1.807, 2.05) is 25.1 Å². The van der Waals surface area contributed by atoms with Crippen molar-refractivity contribution in [2.45, 2.75) is 19.0 Å². The first-order valence-corrected chi connectivity index (χ1v) is 5.63. The smallest absolute Gasteiger partial charge is 0.239 e. The molecule has 0 aliphatic rings. The highest BCUT2D eigenvalue weighted by atomic mass is 16.5. The summed E-state index contributed by atoms with van der Waals surface area (Å²) in [6.45, 7) is 2.05. The van der Waals surface area contributed by atoms with Crippen molar-refractivity contribution in [1.29, 1.82) is 5.26 Å². The predicted molar refractivity (Wildman–Crippen MR) is 67.6 cm³/mol. The van der Waals surface area contributed by atoms with Crippen molar-refractivity contribution in [3.63, 3.8) is 0 Å². The van der Waals surface area contributed by atoms with Gasteiger partial charge in [0.2, 0.25) is 5.91 Å². The molecule has 0 fully saturated rings. The Morgan fingerprint density at radius 1 is 1.50 bits per heavy atom. The van der Waals surface area contributed by atoms with Crippen LogP contribution in [0.15, 0.2) is 24.3 Å². The lowest BCUT2D eigenvalue weighted by molar-refractivity contribution is -0.124. The normalized spacial score (nSPS) is 13.4. The minimum atomic E-state index is -0.671. The lowest BCUT2D eigenvalue weighted by atomic mass is 10.1. The second kappa shape index (κ2) is 6.74. The fourth-order valence-corrected chi connectivity index (χ4v) is 1.51.